The Balaban J connectivity index is 1.05. The maximum Gasteiger partial charge on any atom is 0.224 e. The van der Waals surface area contributed by atoms with Crippen LogP contribution < -0.4 is 10.6 Å². The van der Waals surface area contributed by atoms with Crippen LogP contribution in [0.15, 0.2) is 36.5 Å². The molecule has 36 heavy (non-hydrogen) atoms. The van der Waals surface area contributed by atoms with E-state index in [1.54, 1.807) is 6.20 Å². The standard InChI is InChI=1S/C28H33N7O/c1-2-23-16-27(35-34-23)32-26-9-10-30-28(33-26)31-24-7-4-18(5-8-24)14-25(36)15-20-12-21-6-3-19(17-29)11-22(21)13-20/h3,6,9-11,16,18,20,24H,2,4-5,7-8,12-15H2,1H3,(H3,30,31,32,33,34,35). The Morgan fingerprint density at radius 1 is 1.06 bits per heavy atom. The maximum absolute atomic E-state index is 12.8. The van der Waals surface area contributed by atoms with Gasteiger partial charge in [-0.15, -0.1) is 0 Å². The van der Waals surface area contributed by atoms with Crippen LogP contribution in [0, 0.1) is 23.2 Å². The number of aromatic nitrogens is 4. The number of ketones is 1. The van der Waals surface area contributed by atoms with Gasteiger partial charge in [-0.25, -0.2) is 4.98 Å². The van der Waals surface area contributed by atoms with Gasteiger partial charge in [0.25, 0.3) is 0 Å². The number of hydrogen-bond acceptors (Lipinski definition) is 7. The molecule has 2 aliphatic rings. The molecule has 5 rings (SSSR count). The number of nitrogens with zero attached hydrogens (tertiary/aromatic N) is 4. The first-order valence-electron chi connectivity index (χ1n) is 13.0. The summed E-state index contributed by atoms with van der Waals surface area (Å²) in [6.07, 6.45) is 9.98. The lowest BCUT2D eigenvalue weighted by molar-refractivity contribution is -0.121. The molecule has 0 saturated heterocycles. The van der Waals surface area contributed by atoms with Crippen molar-refractivity contribution in [3.05, 3.63) is 58.9 Å². The number of H-pyrrole nitrogens is 1. The van der Waals surface area contributed by atoms with Gasteiger partial charge in [0.1, 0.15) is 11.6 Å². The molecule has 2 aromatic heterocycles. The molecule has 1 unspecified atom stereocenters. The van der Waals surface area contributed by atoms with Gasteiger partial charge in [-0.1, -0.05) is 13.0 Å². The van der Waals surface area contributed by atoms with Crippen molar-refractivity contribution in [3.63, 3.8) is 0 Å². The van der Waals surface area contributed by atoms with E-state index in [1.165, 1.54) is 11.1 Å². The monoisotopic (exact) mass is 483 g/mol. The number of nitrogens with one attached hydrogen (secondary N) is 3. The number of fused-ring (bicyclic) bond motifs is 1. The second-order valence-electron chi connectivity index (χ2n) is 10.2. The number of hydrogen-bond donors (Lipinski definition) is 3. The number of benzene rings is 1. The first kappa shape index (κ1) is 24.0. The Morgan fingerprint density at radius 3 is 2.64 bits per heavy atom. The lowest BCUT2D eigenvalue weighted by Crippen LogP contribution is -2.28. The molecule has 1 fully saturated rings. The summed E-state index contributed by atoms with van der Waals surface area (Å²) < 4.78 is 0. The van der Waals surface area contributed by atoms with Crippen molar-refractivity contribution in [3.8, 4) is 6.07 Å². The van der Waals surface area contributed by atoms with Crippen molar-refractivity contribution in [2.75, 3.05) is 10.6 Å². The highest BCUT2D eigenvalue weighted by molar-refractivity contribution is 5.79. The third-order valence-corrected chi connectivity index (χ3v) is 7.49. The van der Waals surface area contributed by atoms with E-state index >= 15 is 0 Å². The fourth-order valence-corrected chi connectivity index (χ4v) is 5.58. The molecule has 2 aliphatic carbocycles. The molecule has 0 bridgehead atoms. The highest BCUT2D eigenvalue weighted by atomic mass is 16.1. The molecular formula is C28H33N7O. The zero-order chi connectivity index (χ0) is 24.9. The Morgan fingerprint density at radius 2 is 1.86 bits per heavy atom. The Hall–Kier alpha value is -3.73. The normalized spacial score (nSPS) is 20.9. The van der Waals surface area contributed by atoms with Gasteiger partial charge in [0, 0.05) is 36.8 Å². The van der Waals surface area contributed by atoms with Crippen molar-refractivity contribution in [1.29, 1.82) is 5.26 Å². The quantitative estimate of drug-likeness (QED) is 0.387. The van der Waals surface area contributed by atoms with Crippen LogP contribution in [-0.2, 0) is 24.1 Å². The van der Waals surface area contributed by atoms with Crippen LogP contribution in [0.5, 0.6) is 0 Å². The fourth-order valence-electron chi connectivity index (χ4n) is 5.58. The molecular weight excluding hydrogens is 450 g/mol. The van der Waals surface area contributed by atoms with Crippen LogP contribution in [0.4, 0.5) is 17.6 Å². The Kier molecular flexibility index (Phi) is 7.26. The highest BCUT2D eigenvalue weighted by Crippen LogP contribution is 2.33. The van der Waals surface area contributed by atoms with Gasteiger partial charge in [0.2, 0.25) is 5.95 Å². The van der Waals surface area contributed by atoms with Crippen molar-refractivity contribution < 1.29 is 4.79 Å². The molecule has 1 saturated carbocycles. The van der Waals surface area contributed by atoms with Gasteiger partial charge in [-0.2, -0.15) is 15.3 Å². The lowest BCUT2D eigenvalue weighted by Gasteiger charge is -2.29. The number of carbonyl (C=O) groups excluding carboxylic acids is 1. The molecule has 1 atom stereocenters. The van der Waals surface area contributed by atoms with Crippen molar-refractivity contribution in [1.82, 2.24) is 20.2 Å². The van der Waals surface area contributed by atoms with Gasteiger partial charge in [-0.05, 0) is 86.1 Å². The third-order valence-electron chi connectivity index (χ3n) is 7.49. The summed E-state index contributed by atoms with van der Waals surface area (Å²) in [4.78, 5) is 21.8. The summed E-state index contributed by atoms with van der Waals surface area (Å²) in [6.45, 7) is 2.08. The van der Waals surface area contributed by atoms with E-state index in [0.29, 0.717) is 53.8 Å². The zero-order valence-corrected chi connectivity index (χ0v) is 20.8. The molecule has 186 valence electrons. The summed E-state index contributed by atoms with van der Waals surface area (Å²) in [6, 6.07) is 12.3. The summed E-state index contributed by atoms with van der Waals surface area (Å²) in [5, 5.41) is 23.1. The number of carbonyl (C=O) groups is 1. The topological polar surface area (TPSA) is 119 Å². The molecule has 0 radical (unpaired) electrons. The van der Waals surface area contributed by atoms with Crippen molar-refractivity contribution >= 4 is 23.4 Å². The first-order valence-corrected chi connectivity index (χ1v) is 13.0. The second-order valence-corrected chi connectivity index (χ2v) is 10.2. The Bertz CT molecular complexity index is 1250. The van der Waals surface area contributed by atoms with E-state index in [2.05, 4.69) is 49.9 Å². The number of anilines is 3. The van der Waals surface area contributed by atoms with Gasteiger partial charge in [0.05, 0.1) is 11.6 Å². The predicted octanol–water partition coefficient (Wildman–Crippen LogP) is 5.11. The van der Waals surface area contributed by atoms with Crippen molar-refractivity contribution in [2.45, 2.75) is 70.8 Å². The average Bonchev–Trinajstić information content (AvgIpc) is 3.50. The molecule has 0 aliphatic heterocycles. The molecule has 3 N–H and O–H groups in total. The van der Waals surface area contributed by atoms with E-state index < -0.39 is 0 Å². The van der Waals surface area contributed by atoms with E-state index in [-0.39, 0.29) is 0 Å². The average molecular weight is 484 g/mol. The van der Waals surface area contributed by atoms with Crippen LogP contribution in [0.1, 0.15) is 67.8 Å². The minimum atomic E-state index is 0.322. The number of rotatable bonds is 9. The molecule has 0 spiro atoms. The summed E-state index contributed by atoms with van der Waals surface area (Å²) in [5.74, 6) is 3.30. The maximum atomic E-state index is 12.8. The van der Waals surface area contributed by atoms with Gasteiger partial charge < -0.3 is 10.6 Å². The summed E-state index contributed by atoms with van der Waals surface area (Å²) >= 11 is 0. The van der Waals surface area contributed by atoms with E-state index in [0.717, 1.165) is 56.5 Å². The van der Waals surface area contributed by atoms with Crippen LogP contribution in [0.25, 0.3) is 0 Å². The second kappa shape index (κ2) is 10.9. The number of aryl methyl sites for hydroxylation is 1. The molecule has 3 aromatic rings. The van der Waals surface area contributed by atoms with E-state index in [9.17, 15) is 4.79 Å². The van der Waals surface area contributed by atoms with E-state index in [4.69, 9.17) is 5.26 Å². The number of Topliss-reactive ketones (excluding diaryl/α,β-unsaturated/α-hetero) is 1. The van der Waals surface area contributed by atoms with Gasteiger partial charge in [0.15, 0.2) is 5.82 Å². The van der Waals surface area contributed by atoms with Gasteiger partial charge in [-0.3, -0.25) is 9.89 Å². The largest absolute Gasteiger partial charge is 0.351 e. The first-order chi connectivity index (χ1) is 17.6. The number of nitriles is 1. The molecule has 8 heteroatoms. The van der Waals surface area contributed by atoms with Crippen LogP contribution >= 0.6 is 0 Å². The smallest absolute Gasteiger partial charge is 0.224 e. The van der Waals surface area contributed by atoms with Crippen LogP contribution in [0.3, 0.4) is 0 Å². The molecule has 2 heterocycles. The fraction of sp³-hybridized carbons (Fsp3) is 0.464. The molecule has 0 amide bonds. The Labute approximate surface area is 211 Å². The number of aromatic amines is 1. The van der Waals surface area contributed by atoms with Gasteiger partial charge >= 0.3 is 0 Å². The third kappa shape index (κ3) is 5.91. The summed E-state index contributed by atoms with van der Waals surface area (Å²) in [5.41, 5.74) is 4.33. The molecule has 8 nitrogen and oxygen atoms in total. The zero-order valence-electron chi connectivity index (χ0n) is 20.8. The van der Waals surface area contributed by atoms with Crippen LogP contribution in [0.2, 0.25) is 0 Å². The summed E-state index contributed by atoms with van der Waals surface area (Å²) in [7, 11) is 0. The minimum absolute atomic E-state index is 0.322. The lowest BCUT2D eigenvalue weighted by atomic mass is 9.82. The SMILES string of the molecule is CCc1cc(Nc2ccnc(NC3CCC(CC(=O)CC4Cc5ccc(C#N)cc5C4)CC3)n2)n[nH]1. The predicted molar refractivity (Wildman–Crippen MR) is 139 cm³/mol. The van der Waals surface area contributed by atoms with Crippen LogP contribution in [-0.4, -0.2) is 32.0 Å². The van der Waals surface area contributed by atoms with E-state index in [1.807, 2.05) is 24.3 Å². The minimum Gasteiger partial charge on any atom is -0.351 e. The highest BCUT2D eigenvalue weighted by Gasteiger charge is 2.27. The molecule has 1 aromatic carbocycles. The van der Waals surface area contributed by atoms with Crippen molar-refractivity contribution in [2.24, 2.45) is 11.8 Å².